The van der Waals surface area contributed by atoms with Crippen LogP contribution in [0.4, 0.5) is 0 Å². The molecule has 1 saturated heterocycles. The van der Waals surface area contributed by atoms with Gasteiger partial charge in [0.25, 0.3) is 0 Å². The number of nitrogens with two attached hydrogens (primary N) is 1. The van der Waals surface area contributed by atoms with Crippen LogP contribution in [0.3, 0.4) is 0 Å². The highest BCUT2D eigenvalue weighted by Gasteiger charge is 2.41. The number of benzene rings is 2. The molecule has 154 valence electrons. The molecule has 1 saturated carbocycles. The van der Waals surface area contributed by atoms with Gasteiger partial charge < -0.3 is 15.8 Å². The molecule has 6 heteroatoms. The Bertz CT molecular complexity index is 1140. The average Bonchev–Trinajstić information content (AvgIpc) is 3.33. The number of nitrogens with one attached hydrogen (secondary N) is 1. The number of pyridine rings is 1. The van der Waals surface area contributed by atoms with Gasteiger partial charge in [-0.05, 0) is 66.8 Å². The van der Waals surface area contributed by atoms with Crippen LogP contribution in [0.5, 0.6) is 5.75 Å². The number of ether oxygens (including phenoxy) is 1. The van der Waals surface area contributed by atoms with Gasteiger partial charge in [-0.15, -0.1) is 0 Å². The van der Waals surface area contributed by atoms with E-state index in [-0.39, 0.29) is 23.5 Å². The topological polar surface area (TPSA) is 77.2 Å². The van der Waals surface area contributed by atoms with Crippen LogP contribution in [0.25, 0.3) is 22.0 Å². The number of carbonyl (C=O) groups excluding carboxylic acids is 1. The molecule has 0 radical (unpaired) electrons. The van der Waals surface area contributed by atoms with Crippen molar-refractivity contribution < 1.29 is 9.53 Å². The molecule has 1 amide bonds. The second kappa shape index (κ2) is 7.25. The highest BCUT2D eigenvalue weighted by molar-refractivity contribution is 6.31. The Kier molecular flexibility index (Phi) is 4.68. The minimum atomic E-state index is -0.267. The third kappa shape index (κ3) is 3.53. The van der Waals surface area contributed by atoms with Gasteiger partial charge in [-0.2, -0.15) is 0 Å². The molecule has 2 fully saturated rings. The monoisotopic (exact) mass is 421 g/mol. The van der Waals surface area contributed by atoms with Gasteiger partial charge in [0.15, 0.2) is 0 Å². The van der Waals surface area contributed by atoms with Crippen molar-refractivity contribution in [2.24, 2.45) is 11.7 Å². The number of nitrogens with zero attached hydrogens (tertiary/aromatic N) is 1. The minimum absolute atomic E-state index is 0.0822. The summed E-state index contributed by atoms with van der Waals surface area (Å²) in [7, 11) is 0. The number of carbonyl (C=O) groups is 1. The van der Waals surface area contributed by atoms with Gasteiger partial charge in [0.05, 0.1) is 5.52 Å². The SMILES string of the molecule is C[C@@H](Oc1cc(-c2ccc(C3(N)CC3)c(Cl)c2)cc2ncccc12)C1CNC(=O)C1. The summed E-state index contributed by atoms with van der Waals surface area (Å²) in [6.07, 6.45) is 4.12. The Morgan fingerprint density at radius 2 is 2.07 bits per heavy atom. The summed E-state index contributed by atoms with van der Waals surface area (Å²) >= 11 is 6.58. The highest BCUT2D eigenvalue weighted by atomic mass is 35.5. The molecule has 2 aliphatic rings. The number of hydrogen-bond acceptors (Lipinski definition) is 4. The van der Waals surface area contributed by atoms with Crippen molar-refractivity contribution in [1.82, 2.24) is 10.3 Å². The third-order valence-corrected chi connectivity index (χ3v) is 6.61. The van der Waals surface area contributed by atoms with Crippen LogP contribution in [0.1, 0.15) is 31.7 Å². The normalized spacial score (nSPS) is 20.8. The van der Waals surface area contributed by atoms with Crippen LogP contribution in [0, 0.1) is 5.92 Å². The van der Waals surface area contributed by atoms with Gasteiger partial charge in [0.1, 0.15) is 11.9 Å². The first-order chi connectivity index (χ1) is 14.4. The Labute approximate surface area is 180 Å². The summed E-state index contributed by atoms with van der Waals surface area (Å²) in [5, 5.41) is 4.53. The molecule has 2 heterocycles. The minimum Gasteiger partial charge on any atom is -0.490 e. The number of halogens is 1. The first-order valence-electron chi connectivity index (χ1n) is 10.3. The lowest BCUT2D eigenvalue weighted by Gasteiger charge is -2.21. The van der Waals surface area contributed by atoms with E-state index in [0.29, 0.717) is 18.0 Å². The molecule has 2 aromatic carbocycles. The number of rotatable bonds is 5. The van der Waals surface area contributed by atoms with Crippen LogP contribution in [-0.2, 0) is 10.3 Å². The van der Waals surface area contributed by atoms with Crippen LogP contribution < -0.4 is 15.8 Å². The van der Waals surface area contributed by atoms with Crippen molar-refractivity contribution in [3.63, 3.8) is 0 Å². The molecular formula is C24H24ClN3O2. The number of amides is 1. The van der Waals surface area contributed by atoms with Crippen molar-refractivity contribution in [3.8, 4) is 16.9 Å². The lowest BCUT2D eigenvalue weighted by Crippen LogP contribution is -2.25. The molecule has 2 atom stereocenters. The fourth-order valence-electron chi connectivity index (χ4n) is 4.17. The molecule has 0 spiro atoms. The summed E-state index contributed by atoms with van der Waals surface area (Å²) in [6, 6.07) is 14.1. The second-order valence-corrected chi connectivity index (χ2v) is 8.89. The van der Waals surface area contributed by atoms with E-state index >= 15 is 0 Å². The predicted molar refractivity (Wildman–Crippen MR) is 118 cm³/mol. The van der Waals surface area contributed by atoms with Crippen molar-refractivity contribution in [3.05, 3.63) is 59.2 Å². The van der Waals surface area contributed by atoms with Gasteiger partial charge in [-0.25, -0.2) is 0 Å². The summed E-state index contributed by atoms with van der Waals surface area (Å²) in [5.41, 5.74) is 9.92. The molecule has 5 nitrogen and oxygen atoms in total. The molecule has 1 aliphatic heterocycles. The van der Waals surface area contributed by atoms with Crippen molar-refractivity contribution >= 4 is 28.4 Å². The number of fused-ring (bicyclic) bond motifs is 1. The predicted octanol–water partition coefficient (Wildman–Crippen LogP) is 4.41. The van der Waals surface area contributed by atoms with Crippen molar-refractivity contribution in [2.75, 3.05) is 6.54 Å². The molecular weight excluding hydrogens is 398 g/mol. The van der Waals surface area contributed by atoms with E-state index in [2.05, 4.69) is 16.4 Å². The van der Waals surface area contributed by atoms with Gasteiger partial charge in [0, 0.05) is 41.0 Å². The van der Waals surface area contributed by atoms with E-state index in [1.54, 1.807) is 6.20 Å². The molecule has 3 N–H and O–H groups in total. The van der Waals surface area contributed by atoms with E-state index in [1.807, 2.05) is 43.3 Å². The third-order valence-electron chi connectivity index (χ3n) is 6.30. The second-order valence-electron chi connectivity index (χ2n) is 8.49. The summed E-state index contributed by atoms with van der Waals surface area (Å²) in [5.74, 6) is 1.000. The van der Waals surface area contributed by atoms with Gasteiger partial charge in [0.2, 0.25) is 5.91 Å². The smallest absolute Gasteiger partial charge is 0.220 e. The first kappa shape index (κ1) is 19.3. The lowest BCUT2D eigenvalue weighted by molar-refractivity contribution is -0.119. The van der Waals surface area contributed by atoms with Crippen molar-refractivity contribution in [1.29, 1.82) is 0 Å². The fourth-order valence-corrected chi connectivity index (χ4v) is 4.54. The molecule has 5 rings (SSSR count). The molecule has 1 unspecified atom stereocenters. The maximum Gasteiger partial charge on any atom is 0.220 e. The fraction of sp³-hybridized carbons (Fsp3) is 0.333. The van der Waals surface area contributed by atoms with Crippen LogP contribution in [-0.4, -0.2) is 23.5 Å². The standard InChI is InChI=1S/C24H24ClN3O2/c1-14(17-12-23(29)28-13-17)30-22-11-16(10-21-18(22)3-2-8-27-21)15-4-5-19(20(25)9-15)24(26)6-7-24/h2-5,8-11,14,17H,6-7,12-13,26H2,1H3,(H,28,29)/t14-,17?/m1/s1. The van der Waals surface area contributed by atoms with E-state index in [1.165, 1.54) is 0 Å². The molecule has 3 aromatic rings. The maximum absolute atomic E-state index is 11.6. The van der Waals surface area contributed by atoms with Crippen LogP contribution >= 0.6 is 11.6 Å². The Hall–Kier alpha value is -2.63. The zero-order valence-corrected chi connectivity index (χ0v) is 17.6. The highest BCUT2D eigenvalue weighted by Crippen LogP contribution is 2.46. The molecule has 1 aromatic heterocycles. The summed E-state index contributed by atoms with van der Waals surface area (Å²) < 4.78 is 6.36. The molecule has 0 bridgehead atoms. The van der Waals surface area contributed by atoms with Gasteiger partial charge in [-0.1, -0.05) is 23.7 Å². The quantitative estimate of drug-likeness (QED) is 0.639. The van der Waals surface area contributed by atoms with E-state index in [0.717, 1.165) is 46.2 Å². The summed E-state index contributed by atoms with van der Waals surface area (Å²) in [4.78, 5) is 16.1. The zero-order chi connectivity index (χ0) is 20.9. The van der Waals surface area contributed by atoms with Gasteiger partial charge in [-0.3, -0.25) is 9.78 Å². The maximum atomic E-state index is 11.6. The molecule has 30 heavy (non-hydrogen) atoms. The average molecular weight is 422 g/mol. The van der Waals surface area contributed by atoms with E-state index < -0.39 is 0 Å². The van der Waals surface area contributed by atoms with Crippen LogP contribution in [0.15, 0.2) is 48.7 Å². The Morgan fingerprint density at radius 1 is 1.23 bits per heavy atom. The Balaban J connectivity index is 1.52. The largest absolute Gasteiger partial charge is 0.490 e. The zero-order valence-electron chi connectivity index (χ0n) is 16.8. The number of hydrogen-bond donors (Lipinski definition) is 2. The van der Waals surface area contributed by atoms with Crippen LogP contribution in [0.2, 0.25) is 5.02 Å². The Morgan fingerprint density at radius 3 is 2.77 bits per heavy atom. The number of aromatic nitrogens is 1. The lowest BCUT2D eigenvalue weighted by atomic mass is 9.98. The van der Waals surface area contributed by atoms with E-state index in [4.69, 9.17) is 22.1 Å². The van der Waals surface area contributed by atoms with Gasteiger partial charge >= 0.3 is 0 Å². The first-order valence-corrected chi connectivity index (χ1v) is 10.7. The molecule has 1 aliphatic carbocycles. The summed E-state index contributed by atoms with van der Waals surface area (Å²) in [6.45, 7) is 2.66. The van der Waals surface area contributed by atoms with Crippen molar-refractivity contribution in [2.45, 2.75) is 37.8 Å². The van der Waals surface area contributed by atoms with E-state index in [9.17, 15) is 4.79 Å².